The van der Waals surface area contributed by atoms with Gasteiger partial charge in [-0.3, -0.25) is 0 Å². The van der Waals surface area contributed by atoms with Crippen LogP contribution in [0.2, 0.25) is 0 Å². The summed E-state index contributed by atoms with van der Waals surface area (Å²) in [7, 11) is 0. The number of hydrogen-bond acceptors (Lipinski definition) is 1. The van der Waals surface area contributed by atoms with Gasteiger partial charge in [0.15, 0.2) is 6.20 Å². The van der Waals surface area contributed by atoms with Gasteiger partial charge < -0.3 is 22.7 Å². The van der Waals surface area contributed by atoms with E-state index in [1.165, 1.54) is 0 Å². The summed E-state index contributed by atoms with van der Waals surface area (Å²) in [6.45, 7) is 2.00. The SMILES string of the molecule is Cc1cc(Br)c2ccc[nH+]c2c1N.[Br-]. The molecule has 0 radical (unpaired) electrons. The van der Waals surface area contributed by atoms with Crippen LogP contribution in [-0.2, 0) is 0 Å². The molecule has 1 aromatic carbocycles. The summed E-state index contributed by atoms with van der Waals surface area (Å²) in [4.78, 5) is 3.15. The zero-order valence-corrected chi connectivity index (χ0v) is 10.8. The van der Waals surface area contributed by atoms with E-state index >= 15 is 0 Å². The number of rotatable bonds is 0. The number of benzene rings is 1. The van der Waals surface area contributed by atoms with E-state index in [9.17, 15) is 0 Å². The average molecular weight is 318 g/mol. The molecule has 0 spiro atoms. The lowest BCUT2D eigenvalue weighted by Gasteiger charge is -2.02. The number of halogens is 2. The molecule has 0 aliphatic rings. The van der Waals surface area contributed by atoms with Gasteiger partial charge in [0.25, 0.3) is 0 Å². The minimum absolute atomic E-state index is 0. The zero-order valence-electron chi connectivity index (χ0n) is 7.64. The standard InChI is InChI=1S/C10H9BrN2.BrH/c1-6-5-8(11)7-3-2-4-13-10(7)9(6)12;/h2-5H,12H2,1H3;1H. The number of aromatic nitrogens is 1. The van der Waals surface area contributed by atoms with Crippen molar-refractivity contribution in [2.75, 3.05) is 5.73 Å². The number of aryl methyl sites for hydroxylation is 1. The van der Waals surface area contributed by atoms with Crippen LogP contribution in [0.15, 0.2) is 28.9 Å². The summed E-state index contributed by atoms with van der Waals surface area (Å²) in [5.74, 6) is 0. The fraction of sp³-hybridized carbons (Fsp3) is 0.100. The van der Waals surface area contributed by atoms with Crippen molar-refractivity contribution >= 4 is 32.5 Å². The van der Waals surface area contributed by atoms with Gasteiger partial charge in [-0.05, 0) is 40.5 Å². The molecular formula is C10H10Br2N2. The van der Waals surface area contributed by atoms with Crippen molar-refractivity contribution in [3.63, 3.8) is 0 Å². The molecule has 0 bridgehead atoms. The number of nitrogens with one attached hydrogen (secondary N) is 1. The summed E-state index contributed by atoms with van der Waals surface area (Å²) in [5.41, 5.74) is 8.83. The third kappa shape index (κ3) is 1.77. The fourth-order valence-corrected chi connectivity index (χ4v) is 2.08. The monoisotopic (exact) mass is 316 g/mol. The van der Waals surface area contributed by atoms with Gasteiger partial charge in [-0.1, -0.05) is 0 Å². The van der Waals surface area contributed by atoms with Gasteiger partial charge in [0.05, 0.1) is 5.39 Å². The van der Waals surface area contributed by atoms with E-state index in [1.807, 2.05) is 31.3 Å². The molecule has 4 heteroatoms. The van der Waals surface area contributed by atoms with Crippen LogP contribution in [0.3, 0.4) is 0 Å². The summed E-state index contributed by atoms with van der Waals surface area (Å²) in [6.07, 6.45) is 1.88. The first-order chi connectivity index (χ1) is 6.20. The Morgan fingerprint density at radius 2 is 2.14 bits per heavy atom. The summed E-state index contributed by atoms with van der Waals surface area (Å²) in [5, 5.41) is 1.12. The average Bonchev–Trinajstić information content (AvgIpc) is 2.15. The molecule has 1 heterocycles. The van der Waals surface area contributed by atoms with E-state index in [0.29, 0.717) is 0 Å². The predicted octanol–water partition coefficient (Wildman–Crippen LogP) is -0.689. The topological polar surface area (TPSA) is 40.2 Å². The van der Waals surface area contributed by atoms with Crippen LogP contribution in [0.5, 0.6) is 0 Å². The summed E-state index contributed by atoms with van der Waals surface area (Å²) in [6, 6.07) is 6.03. The second-order valence-electron chi connectivity index (χ2n) is 3.05. The van der Waals surface area contributed by atoms with Gasteiger partial charge in [-0.2, -0.15) is 0 Å². The van der Waals surface area contributed by atoms with Crippen LogP contribution in [0.4, 0.5) is 5.69 Å². The molecule has 2 rings (SSSR count). The van der Waals surface area contributed by atoms with Crippen LogP contribution >= 0.6 is 15.9 Å². The Kier molecular flexibility index (Phi) is 3.50. The predicted molar refractivity (Wildman–Crippen MR) is 57.4 cm³/mol. The lowest BCUT2D eigenvalue weighted by molar-refractivity contribution is -0.344. The fourth-order valence-electron chi connectivity index (χ4n) is 1.40. The quantitative estimate of drug-likeness (QED) is 0.642. The highest BCUT2D eigenvalue weighted by Gasteiger charge is 2.09. The maximum Gasteiger partial charge on any atom is 0.235 e. The third-order valence-electron chi connectivity index (χ3n) is 2.15. The van der Waals surface area contributed by atoms with Gasteiger partial charge in [0.1, 0.15) is 5.69 Å². The van der Waals surface area contributed by atoms with Crippen LogP contribution in [0.1, 0.15) is 5.56 Å². The number of H-pyrrole nitrogens is 1. The van der Waals surface area contributed by atoms with Crippen LogP contribution in [0, 0.1) is 6.92 Å². The normalized spacial score (nSPS) is 9.86. The van der Waals surface area contributed by atoms with Crippen molar-refractivity contribution in [3.05, 3.63) is 34.4 Å². The van der Waals surface area contributed by atoms with Crippen molar-refractivity contribution < 1.29 is 22.0 Å². The van der Waals surface area contributed by atoms with Crippen LogP contribution < -0.4 is 27.7 Å². The highest BCUT2D eigenvalue weighted by atomic mass is 79.9. The van der Waals surface area contributed by atoms with E-state index in [2.05, 4.69) is 20.9 Å². The second-order valence-corrected chi connectivity index (χ2v) is 3.90. The van der Waals surface area contributed by atoms with E-state index in [-0.39, 0.29) is 17.0 Å². The molecule has 0 saturated heterocycles. The molecule has 0 unspecified atom stereocenters. The number of pyridine rings is 1. The first-order valence-corrected chi connectivity index (χ1v) is 4.84. The van der Waals surface area contributed by atoms with Crippen molar-refractivity contribution in [1.82, 2.24) is 0 Å². The number of anilines is 1. The van der Waals surface area contributed by atoms with Gasteiger partial charge in [0.2, 0.25) is 5.52 Å². The Hall–Kier alpha value is -0.610. The minimum atomic E-state index is 0. The lowest BCUT2D eigenvalue weighted by Crippen LogP contribution is -3.00. The molecule has 0 atom stereocenters. The molecule has 14 heavy (non-hydrogen) atoms. The van der Waals surface area contributed by atoms with E-state index in [0.717, 1.165) is 26.6 Å². The van der Waals surface area contributed by atoms with Crippen LogP contribution in [-0.4, -0.2) is 0 Å². The van der Waals surface area contributed by atoms with Gasteiger partial charge >= 0.3 is 0 Å². The molecular weight excluding hydrogens is 308 g/mol. The maximum atomic E-state index is 5.94. The van der Waals surface area contributed by atoms with E-state index < -0.39 is 0 Å². The smallest absolute Gasteiger partial charge is 0.235 e. The highest BCUT2D eigenvalue weighted by molar-refractivity contribution is 9.10. The van der Waals surface area contributed by atoms with Crippen molar-refractivity contribution in [2.45, 2.75) is 6.92 Å². The third-order valence-corrected chi connectivity index (χ3v) is 2.81. The number of nitrogen functional groups attached to an aromatic ring is 1. The second kappa shape index (κ2) is 4.28. The number of hydrogen-bond donors (Lipinski definition) is 1. The molecule has 0 saturated carbocycles. The Morgan fingerprint density at radius 1 is 1.43 bits per heavy atom. The Bertz CT molecular complexity index is 469. The highest BCUT2D eigenvalue weighted by Crippen LogP contribution is 2.27. The van der Waals surface area contributed by atoms with E-state index in [1.54, 1.807) is 0 Å². The minimum Gasteiger partial charge on any atom is -1.00 e. The lowest BCUT2D eigenvalue weighted by atomic mass is 10.1. The van der Waals surface area contributed by atoms with Crippen LogP contribution in [0.25, 0.3) is 10.9 Å². The molecule has 1 aromatic heterocycles. The van der Waals surface area contributed by atoms with Gasteiger partial charge in [-0.15, -0.1) is 0 Å². The summed E-state index contributed by atoms with van der Waals surface area (Å²) >= 11 is 3.51. The number of fused-ring (bicyclic) bond motifs is 1. The Morgan fingerprint density at radius 3 is 2.86 bits per heavy atom. The maximum absolute atomic E-state index is 5.94. The summed E-state index contributed by atoms with van der Waals surface area (Å²) < 4.78 is 1.08. The largest absolute Gasteiger partial charge is 1.00 e. The van der Waals surface area contributed by atoms with Gasteiger partial charge in [0, 0.05) is 10.5 Å². The van der Waals surface area contributed by atoms with Crippen molar-refractivity contribution in [1.29, 1.82) is 0 Å². The first kappa shape index (κ1) is 11.5. The Balaban J connectivity index is 0.000000980. The number of aromatic amines is 1. The van der Waals surface area contributed by atoms with Crippen molar-refractivity contribution in [2.24, 2.45) is 0 Å². The molecule has 3 N–H and O–H groups in total. The zero-order chi connectivity index (χ0) is 9.42. The first-order valence-electron chi connectivity index (χ1n) is 4.05. The van der Waals surface area contributed by atoms with Gasteiger partial charge in [-0.25, -0.2) is 4.98 Å². The molecule has 2 nitrogen and oxygen atoms in total. The molecule has 0 amide bonds. The molecule has 2 aromatic rings. The number of nitrogens with two attached hydrogens (primary N) is 1. The van der Waals surface area contributed by atoms with Crippen molar-refractivity contribution in [3.8, 4) is 0 Å². The molecule has 0 aliphatic heterocycles. The molecule has 74 valence electrons. The molecule has 0 fully saturated rings. The molecule has 0 aliphatic carbocycles. The van der Waals surface area contributed by atoms with E-state index in [4.69, 9.17) is 5.73 Å². The Labute approximate surface area is 101 Å².